The van der Waals surface area contributed by atoms with Crippen molar-refractivity contribution in [2.45, 2.75) is 0 Å². The highest BCUT2D eigenvalue weighted by Crippen LogP contribution is 2.46. The van der Waals surface area contributed by atoms with Gasteiger partial charge in [0.2, 0.25) is 0 Å². The maximum Gasteiger partial charge on any atom is -0.00201 e. The molecule has 0 heterocycles. The zero-order chi connectivity index (χ0) is 34.2. The van der Waals surface area contributed by atoms with E-state index in [0.717, 1.165) is 0 Å². The molecule has 0 aromatic heterocycles. The average molecular weight is 657 g/mol. The van der Waals surface area contributed by atoms with Crippen LogP contribution in [0.5, 0.6) is 0 Å². The van der Waals surface area contributed by atoms with Gasteiger partial charge >= 0.3 is 0 Å². The van der Waals surface area contributed by atoms with Gasteiger partial charge in [-0.25, -0.2) is 0 Å². The fraction of sp³-hybridized carbons (Fsp3) is 0. The van der Waals surface area contributed by atoms with Gasteiger partial charge in [0.25, 0.3) is 0 Å². The molecule has 52 heavy (non-hydrogen) atoms. The third-order valence-corrected chi connectivity index (χ3v) is 11.2. The summed E-state index contributed by atoms with van der Waals surface area (Å²) in [4.78, 5) is 0. The van der Waals surface area contributed by atoms with Crippen LogP contribution in [-0.4, -0.2) is 0 Å². The van der Waals surface area contributed by atoms with E-state index < -0.39 is 0 Å². The molecule has 0 amide bonds. The maximum atomic E-state index is 2.40. The Morgan fingerprint density at radius 1 is 0.192 bits per heavy atom. The largest absolute Gasteiger partial charge is 0.0616 e. The van der Waals surface area contributed by atoms with Crippen LogP contribution in [0.4, 0.5) is 0 Å². The first-order valence-electron chi connectivity index (χ1n) is 18.1. The monoisotopic (exact) mass is 656 g/mol. The molecule has 11 aromatic rings. The molecule has 0 unspecified atom stereocenters. The molecule has 0 heteroatoms. The molecule has 0 nitrogen and oxygen atoms in total. The number of hydrogen-bond acceptors (Lipinski definition) is 0. The van der Waals surface area contributed by atoms with Crippen LogP contribution >= 0.6 is 0 Å². The lowest BCUT2D eigenvalue weighted by atomic mass is 9.84. The van der Waals surface area contributed by atoms with Gasteiger partial charge in [-0.1, -0.05) is 176 Å². The predicted octanol–water partition coefficient (Wildman–Crippen LogP) is 14.8. The lowest BCUT2D eigenvalue weighted by Crippen LogP contribution is -1.91. The SMILES string of the molecule is c1ccc2c(-c3c4ccccc4c(-c4ccc5ccc(-c6ccc7c8ccccc8c8ccccc8c7c6)cc5c4)c4ccccc34)cccc2c1. The summed E-state index contributed by atoms with van der Waals surface area (Å²) >= 11 is 0. The molecule has 0 atom stereocenters. The molecular formula is C52H32. The number of benzene rings is 11. The zero-order valence-corrected chi connectivity index (χ0v) is 28.5. The summed E-state index contributed by atoms with van der Waals surface area (Å²) in [5, 5.41) is 17.9. The smallest absolute Gasteiger partial charge is 0.00201 e. The minimum absolute atomic E-state index is 1.23. The lowest BCUT2D eigenvalue weighted by Gasteiger charge is -2.19. The van der Waals surface area contributed by atoms with Crippen molar-refractivity contribution in [1.82, 2.24) is 0 Å². The Morgan fingerprint density at radius 3 is 1.25 bits per heavy atom. The van der Waals surface area contributed by atoms with Gasteiger partial charge < -0.3 is 0 Å². The molecule has 0 fully saturated rings. The van der Waals surface area contributed by atoms with E-state index in [0.29, 0.717) is 0 Å². The first-order valence-corrected chi connectivity index (χ1v) is 18.1. The molecule has 0 aliphatic carbocycles. The van der Waals surface area contributed by atoms with Crippen LogP contribution in [-0.2, 0) is 0 Å². The molecule has 0 aliphatic rings. The fourth-order valence-electron chi connectivity index (χ4n) is 8.84. The van der Waals surface area contributed by atoms with Crippen LogP contribution in [0.25, 0.3) is 109 Å². The first-order chi connectivity index (χ1) is 25.8. The van der Waals surface area contributed by atoms with Crippen LogP contribution in [0, 0.1) is 0 Å². The minimum Gasteiger partial charge on any atom is -0.0616 e. The second kappa shape index (κ2) is 11.4. The molecular weight excluding hydrogens is 625 g/mol. The molecule has 11 rings (SSSR count). The summed E-state index contributed by atoms with van der Waals surface area (Å²) in [7, 11) is 0. The summed E-state index contributed by atoms with van der Waals surface area (Å²) in [6.45, 7) is 0. The van der Waals surface area contributed by atoms with Gasteiger partial charge in [0, 0.05) is 0 Å². The van der Waals surface area contributed by atoms with Crippen molar-refractivity contribution >= 4 is 75.4 Å². The van der Waals surface area contributed by atoms with Crippen molar-refractivity contribution in [3.05, 3.63) is 194 Å². The normalized spacial score (nSPS) is 11.8. The minimum atomic E-state index is 1.23. The summed E-state index contributed by atoms with van der Waals surface area (Å²) in [6.07, 6.45) is 0. The van der Waals surface area contributed by atoms with E-state index >= 15 is 0 Å². The molecule has 0 spiro atoms. The number of hydrogen-bond donors (Lipinski definition) is 0. The highest BCUT2D eigenvalue weighted by Gasteiger charge is 2.18. The maximum absolute atomic E-state index is 2.40. The molecule has 0 bridgehead atoms. The Hall–Kier alpha value is -6.76. The average Bonchev–Trinajstić information content (AvgIpc) is 3.22. The third-order valence-electron chi connectivity index (χ3n) is 11.2. The standard InChI is InChI=1S/C52H32/c1-2-14-39-34(12-1)13-11-23-45(39)52-48-21-9-7-19-46(48)51(47-20-8-10-22-49(47)52)37-27-25-33-24-26-35(30-38(33)31-37)36-28-29-44-42-17-4-3-15-40(42)41-16-5-6-18-43(41)50(44)32-36/h1-32H. The molecule has 0 radical (unpaired) electrons. The van der Waals surface area contributed by atoms with E-state index in [1.165, 1.54) is 109 Å². The van der Waals surface area contributed by atoms with E-state index in [1.54, 1.807) is 0 Å². The highest BCUT2D eigenvalue weighted by molar-refractivity contribution is 6.26. The van der Waals surface area contributed by atoms with Crippen molar-refractivity contribution < 1.29 is 0 Å². The van der Waals surface area contributed by atoms with E-state index in [1.807, 2.05) is 0 Å². The van der Waals surface area contributed by atoms with E-state index in [2.05, 4.69) is 194 Å². The molecule has 0 saturated heterocycles. The topological polar surface area (TPSA) is 0 Å². The van der Waals surface area contributed by atoms with Gasteiger partial charge in [-0.05, 0) is 127 Å². The van der Waals surface area contributed by atoms with Crippen LogP contribution in [0.15, 0.2) is 194 Å². The summed E-state index contributed by atoms with van der Waals surface area (Å²) < 4.78 is 0. The molecule has 240 valence electrons. The highest BCUT2D eigenvalue weighted by atomic mass is 14.2. The first kappa shape index (κ1) is 29.0. The van der Waals surface area contributed by atoms with Crippen molar-refractivity contribution in [3.63, 3.8) is 0 Å². The van der Waals surface area contributed by atoms with Crippen LogP contribution < -0.4 is 0 Å². The van der Waals surface area contributed by atoms with Crippen LogP contribution in [0.2, 0.25) is 0 Å². The number of fused-ring (bicyclic) bond motifs is 10. The van der Waals surface area contributed by atoms with Crippen molar-refractivity contribution in [2.75, 3.05) is 0 Å². The fourth-order valence-corrected chi connectivity index (χ4v) is 8.84. The van der Waals surface area contributed by atoms with E-state index in [-0.39, 0.29) is 0 Å². The van der Waals surface area contributed by atoms with Crippen molar-refractivity contribution in [1.29, 1.82) is 0 Å². The van der Waals surface area contributed by atoms with Crippen molar-refractivity contribution in [2.24, 2.45) is 0 Å². The zero-order valence-electron chi connectivity index (χ0n) is 28.5. The van der Waals surface area contributed by atoms with Crippen molar-refractivity contribution in [3.8, 4) is 33.4 Å². The number of rotatable bonds is 3. The van der Waals surface area contributed by atoms with Gasteiger partial charge in [0.15, 0.2) is 0 Å². The second-order valence-corrected chi connectivity index (χ2v) is 14.0. The molecule has 0 aliphatic heterocycles. The molecule has 0 N–H and O–H groups in total. The third kappa shape index (κ3) is 4.35. The van der Waals surface area contributed by atoms with Gasteiger partial charge in [-0.2, -0.15) is 0 Å². The van der Waals surface area contributed by atoms with E-state index in [4.69, 9.17) is 0 Å². The van der Waals surface area contributed by atoms with Crippen LogP contribution in [0.3, 0.4) is 0 Å². The summed E-state index contributed by atoms with van der Waals surface area (Å²) in [5.74, 6) is 0. The second-order valence-electron chi connectivity index (χ2n) is 14.0. The predicted molar refractivity (Wildman–Crippen MR) is 225 cm³/mol. The lowest BCUT2D eigenvalue weighted by molar-refractivity contribution is 1.67. The molecule has 11 aromatic carbocycles. The Kier molecular flexibility index (Phi) is 6.35. The summed E-state index contributed by atoms with van der Waals surface area (Å²) in [5.41, 5.74) is 7.55. The van der Waals surface area contributed by atoms with E-state index in [9.17, 15) is 0 Å². The van der Waals surface area contributed by atoms with Gasteiger partial charge in [-0.3, -0.25) is 0 Å². The van der Waals surface area contributed by atoms with Gasteiger partial charge in [-0.15, -0.1) is 0 Å². The van der Waals surface area contributed by atoms with Gasteiger partial charge in [0.1, 0.15) is 0 Å². The van der Waals surface area contributed by atoms with Gasteiger partial charge in [0.05, 0.1) is 0 Å². The summed E-state index contributed by atoms with van der Waals surface area (Å²) in [6, 6.07) is 71.9. The Labute approximate surface area is 301 Å². The Morgan fingerprint density at radius 2 is 0.615 bits per heavy atom. The Balaban J connectivity index is 1.12. The molecule has 0 saturated carbocycles. The van der Waals surface area contributed by atoms with Crippen LogP contribution in [0.1, 0.15) is 0 Å². The quantitative estimate of drug-likeness (QED) is 0.131. The Bertz CT molecular complexity index is 3140.